The monoisotopic (exact) mass is 486 g/mol. The zero-order valence-electron chi connectivity index (χ0n) is 17.2. The van der Waals surface area contributed by atoms with Crippen molar-refractivity contribution in [3.63, 3.8) is 0 Å². The first-order valence-electron chi connectivity index (χ1n) is 9.67. The molecule has 0 radical (unpaired) electrons. The Labute approximate surface area is 198 Å². The van der Waals surface area contributed by atoms with Crippen LogP contribution in [0.1, 0.15) is 22.3 Å². The molecule has 0 fully saturated rings. The molecule has 2 aromatic carbocycles. The zero-order chi connectivity index (χ0) is 21.5. The number of benzene rings is 2. The Kier molecular flexibility index (Phi) is 7.79. The largest absolute Gasteiger partial charge is 0.343 e. The average Bonchev–Trinajstić information content (AvgIpc) is 3.42. The second-order valence-electron chi connectivity index (χ2n) is 6.71. The zero-order valence-corrected chi connectivity index (χ0v) is 20.4. The molecule has 0 aliphatic carbocycles. The minimum atomic E-state index is 0.522. The van der Waals surface area contributed by atoms with Crippen molar-refractivity contribution in [1.29, 1.82) is 0 Å². The van der Waals surface area contributed by atoms with Gasteiger partial charge in [-0.1, -0.05) is 94.7 Å². The number of rotatable bonds is 10. The van der Waals surface area contributed by atoms with Crippen molar-refractivity contribution in [3.8, 4) is 0 Å². The van der Waals surface area contributed by atoms with Gasteiger partial charge in [-0.2, -0.15) is 0 Å². The summed E-state index contributed by atoms with van der Waals surface area (Å²) in [5.41, 5.74) is 5.25. The summed E-state index contributed by atoms with van der Waals surface area (Å²) < 4.78 is 1.91. The summed E-state index contributed by atoms with van der Waals surface area (Å²) in [4.78, 5) is 0. The van der Waals surface area contributed by atoms with E-state index in [1.54, 1.807) is 46.2 Å². The number of nitrogens with one attached hydrogen (secondary N) is 2. The quantitative estimate of drug-likeness (QED) is 0.207. The topological polar surface area (TPSA) is 75.6 Å². The molecular formula is C21H22N6S4. The Morgan fingerprint density at radius 3 is 1.58 bits per heavy atom. The molecule has 2 N–H and O–H groups in total. The minimum absolute atomic E-state index is 0.522. The third-order valence-corrected chi connectivity index (χ3v) is 8.64. The molecule has 0 aliphatic heterocycles. The molecule has 31 heavy (non-hydrogen) atoms. The number of aromatic nitrogens is 4. The van der Waals surface area contributed by atoms with Crippen LogP contribution in [0.25, 0.3) is 0 Å². The summed E-state index contributed by atoms with van der Waals surface area (Å²) >= 11 is 6.53. The number of aryl methyl sites for hydroxylation is 2. The minimum Gasteiger partial charge on any atom is -0.343 e. The lowest BCUT2D eigenvalue weighted by Gasteiger charge is -2.03. The number of hydrogen-bond donors (Lipinski definition) is 2. The number of anilines is 2. The molecule has 0 saturated carbocycles. The van der Waals surface area contributed by atoms with Gasteiger partial charge in [-0.25, -0.2) is 0 Å². The van der Waals surface area contributed by atoms with Gasteiger partial charge in [0.2, 0.25) is 10.3 Å². The predicted octanol–water partition coefficient (Wildman–Crippen LogP) is 6.07. The summed E-state index contributed by atoms with van der Waals surface area (Å²) in [6, 6.07) is 16.8. The van der Waals surface area contributed by atoms with E-state index in [1.807, 2.05) is 0 Å². The van der Waals surface area contributed by atoms with E-state index >= 15 is 0 Å². The van der Waals surface area contributed by atoms with Gasteiger partial charge in [-0.05, 0) is 36.1 Å². The van der Waals surface area contributed by atoms with Gasteiger partial charge in [0.25, 0.3) is 0 Å². The fourth-order valence-corrected chi connectivity index (χ4v) is 6.35. The summed E-state index contributed by atoms with van der Waals surface area (Å²) in [7, 11) is 0. The maximum atomic E-state index is 4.26. The lowest BCUT2D eigenvalue weighted by atomic mass is 10.1. The maximum absolute atomic E-state index is 4.26. The van der Waals surface area contributed by atoms with Crippen LogP contribution in [0.5, 0.6) is 0 Å². The van der Waals surface area contributed by atoms with Crippen molar-refractivity contribution in [3.05, 3.63) is 70.8 Å². The van der Waals surface area contributed by atoms with Gasteiger partial charge in [0.15, 0.2) is 8.68 Å². The second-order valence-corrected chi connectivity index (χ2v) is 11.1. The fourth-order valence-electron chi connectivity index (χ4n) is 2.70. The molecular weight excluding hydrogens is 465 g/mol. The highest BCUT2D eigenvalue weighted by atomic mass is 32.2. The highest BCUT2D eigenvalue weighted by Crippen LogP contribution is 2.30. The highest BCUT2D eigenvalue weighted by Gasteiger charge is 2.08. The van der Waals surface area contributed by atoms with Gasteiger partial charge in [0.05, 0.1) is 6.67 Å². The van der Waals surface area contributed by atoms with Crippen LogP contribution in [0.4, 0.5) is 10.3 Å². The molecule has 0 spiro atoms. The van der Waals surface area contributed by atoms with Crippen LogP contribution in [0.15, 0.2) is 57.2 Å². The Hall–Kier alpha value is -2.14. The van der Waals surface area contributed by atoms with Gasteiger partial charge in [0.1, 0.15) is 0 Å². The van der Waals surface area contributed by atoms with Gasteiger partial charge in [-0.3, -0.25) is 0 Å². The molecule has 160 valence electrons. The van der Waals surface area contributed by atoms with Gasteiger partial charge in [0, 0.05) is 11.5 Å². The second kappa shape index (κ2) is 10.9. The number of hydrogen-bond acceptors (Lipinski definition) is 10. The lowest BCUT2D eigenvalue weighted by Crippen LogP contribution is -2.11. The Morgan fingerprint density at radius 2 is 1.13 bits per heavy atom. The molecule has 0 atom stereocenters. The summed E-state index contributed by atoms with van der Waals surface area (Å²) in [6.45, 7) is 4.79. The highest BCUT2D eigenvalue weighted by molar-refractivity contribution is 8.00. The van der Waals surface area contributed by atoms with E-state index in [2.05, 4.69) is 93.4 Å². The van der Waals surface area contributed by atoms with Crippen LogP contribution < -0.4 is 10.6 Å². The van der Waals surface area contributed by atoms with Crippen molar-refractivity contribution < 1.29 is 0 Å². The summed E-state index contributed by atoms with van der Waals surface area (Å²) in [5, 5.41) is 25.0. The normalized spacial score (nSPS) is 10.9. The van der Waals surface area contributed by atoms with E-state index in [9.17, 15) is 0 Å². The first-order chi connectivity index (χ1) is 15.2. The van der Waals surface area contributed by atoms with E-state index in [-0.39, 0.29) is 0 Å². The molecule has 6 nitrogen and oxygen atoms in total. The van der Waals surface area contributed by atoms with E-state index in [1.165, 1.54) is 22.3 Å². The van der Waals surface area contributed by atoms with Crippen LogP contribution in [-0.4, -0.2) is 27.1 Å². The molecule has 4 rings (SSSR count). The number of thioether (sulfide) groups is 2. The fraction of sp³-hybridized carbons (Fsp3) is 0.238. The Balaban J connectivity index is 1.20. The molecule has 0 bridgehead atoms. The third kappa shape index (κ3) is 6.42. The maximum Gasteiger partial charge on any atom is 0.207 e. The van der Waals surface area contributed by atoms with E-state index in [4.69, 9.17) is 0 Å². The first-order valence-corrected chi connectivity index (χ1v) is 13.3. The van der Waals surface area contributed by atoms with E-state index in [0.29, 0.717) is 6.67 Å². The van der Waals surface area contributed by atoms with Gasteiger partial charge in [-0.15, -0.1) is 20.4 Å². The molecule has 0 unspecified atom stereocenters. The molecule has 0 saturated heterocycles. The summed E-state index contributed by atoms with van der Waals surface area (Å²) in [6.07, 6.45) is 0. The molecule has 0 aliphatic rings. The standard InChI is InChI=1S/C21H22N6S4/c1-14-7-3-5-9-16(14)11-28-20-26-24-18(30-20)22-13-23-19-25-27-21(31-19)29-12-17-10-6-4-8-15(17)2/h3-10H,11-13H2,1-2H3,(H,22,24)(H,23,25). The molecule has 10 heteroatoms. The van der Waals surface area contributed by atoms with E-state index in [0.717, 1.165) is 30.4 Å². The van der Waals surface area contributed by atoms with Crippen LogP contribution >= 0.6 is 46.2 Å². The predicted molar refractivity (Wildman–Crippen MR) is 133 cm³/mol. The van der Waals surface area contributed by atoms with Crippen LogP contribution in [0.3, 0.4) is 0 Å². The Morgan fingerprint density at radius 1 is 0.677 bits per heavy atom. The lowest BCUT2D eigenvalue weighted by molar-refractivity contribution is 0.989. The Bertz CT molecular complexity index is 1040. The van der Waals surface area contributed by atoms with Crippen molar-refractivity contribution in [2.45, 2.75) is 34.0 Å². The van der Waals surface area contributed by atoms with Crippen LogP contribution in [0.2, 0.25) is 0 Å². The molecule has 4 aromatic rings. The van der Waals surface area contributed by atoms with Crippen molar-refractivity contribution in [1.82, 2.24) is 20.4 Å². The van der Waals surface area contributed by atoms with Crippen LogP contribution in [0, 0.1) is 13.8 Å². The van der Waals surface area contributed by atoms with Gasteiger partial charge < -0.3 is 10.6 Å². The van der Waals surface area contributed by atoms with Crippen molar-refractivity contribution in [2.75, 3.05) is 17.3 Å². The third-order valence-electron chi connectivity index (χ3n) is 4.52. The van der Waals surface area contributed by atoms with Gasteiger partial charge >= 0.3 is 0 Å². The smallest absolute Gasteiger partial charge is 0.207 e. The molecule has 2 aromatic heterocycles. The van der Waals surface area contributed by atoms with Crippen molar-refractivity contribution >= 4 is 56.5 Å². The summed E-state index contributed by atoms with van der Waals surface area (Å²) in [5.74, 6) is 1.79. The van der Waals surface area contributed by atoms with Crippen molar-refractivity contribution in [2.24, 2.45) is 0 Å². The molecule has 2 heterocycles. The molecule has 0 amide bonds. The van der Waals surface area contributed by atoms with Crippen LogP contribution in [-0.2, 0) is 11.5 Å². The van der Waals surface area contributed by atoms with E-state index < -0.39 is 0 Å². The SMILES string of the molecule is Cc1ccccc1CSc1nnc(NCNc2nnc(SCc3ccccc3C)s2)s1. The average molecular weight is 487 g/mol. The first kappa shape index (κ1) is 22.1. The number of nitrogens with zero attached hydrogens (tertiary/aromatic N) is 4.